The molecule has 8 nitrogen and oxygen atoms in total. The highest BCUT2D eigenvalue weighted by Crippen LogP contribution is 2.36. The number of halogens is 5. The molecule has 2 heterocycles. The van der Waals surface area contributed by atoms with Gasteiger partial charge in [0, 0.05) is 37.2 Å². The number of nitrogens with zero attached hydrogens (tertiary/aromatic N) is 4. The second-order valence-electron chi connectivity index (χ2n) is 9.22. The lowest BCUT2D eigenvalue weighted by atomic mass is 9.93. The summed E-state index contributed by atoms with van der Waals surface area (Å²) in [6.45, 7) is 0.936. The lowest BCUT2D eigenvalue weighted by molar-refractivity contribution is -0.137. The molecule has 1 aliphatic carbocycles. The highest BCUT2D eigenvalue weighted by Gasteiger charge is 2.35. The van der Waals surface area contributed by atoms with Crippen molar-refractivity contribution in [2.45, 2.75) is 44.1 Å². The summed E-state index contributed by atoms with van der Waals surface area (Å²) < 4.78 is 68.5. The number of nitrogens with one attached hydrogen (secondary N) is 1. The van der Waals surface area contributed by atoms with Crippen molar-refractivity contribution in [2.75, 3.05) is 36.4 Å². The molecule has 0 spiro atoms. The number of carbonyl (C=O) groups is 1. The number of anilines is 2. The van der Waals surface area contributed by atoms with Gasteiger partial charge in [0.25, 0.3) is 0 Å². The molecular formula is C23H27F5N6O2. The standard InChI is InChI=1S/C23H27F5N6O2/c24-17-7-15(23(26,27)28)2-1-14(17)9-34(16-3-4-16)22-20(25)21(31-12-32-22)30-8-13-5-6-33(10-18(13)35)11-19(29)36/h1-2,7,12-13,16,18,35H,3-6,8-11H2,(H2,29,36)(H,30,31,32)/t13-,18-/m1/s1. The number of carbonyl (C=O) groups excluding carboxylic acids is 1. The summed E-state index contributed by atoms with van der Waals surface area (Å²) in [6.07, 6.45) is -2.27. The quantitative estimate of drug-likeness (QED) is 0.442. The predicted octanol–water partition coefficient (Wildman–Crippen LogP) is 2.52. The van der Waals surface area contributed by atoms with E-state index < -0.39 is 35.4 Å². The van der Waals surface area contributed by atoms with Crippen molar-refractivity contribution in [2.24, 2.45) is 11.7 Å². The van der Waals surface area contributed by atoms with Gasteiger partial charge < -0.3 is 21.1 Å². The molecule has 1 aromatic heterocycles. The molecule has 2 aromatic rings. The number of nitrogens with two attached hydrogens (primary N) is 1. The Morgan fingerprint density at radius 1 is 1.22 bits per heavy atom. The number of likely N-dealkylation sites (tertiary alicyclic amines) is 1. The van der Waals surface area contributed by atoms with Crippen molar-refractivity contribution >= 4 is 17.5 Å². The molecule has 1 saturated heterocycles. The van der Waals surface area contributed by atoms with Crippen LogP contribution in [-0.2, 0) is 17.5 Å². The molecule has 1 amide bonds. The fourth-order valence-electron chi connectivity index (χ4n) is 4.36. The topological polar surface area (TPSA) is 108 Å². The van der Waals surface area contributed by atoms with Crippen molar-refractivity contribution in [3.8, 4) is 0 Å². The Hall–Kier alpha value is -3.06. The normalized spacial score (nSPS) is 20.8. The zero-order valence-corrected chi connectivity index (χ0v) is 19.3. The molecule has 2 atom stereocenters. The second-order valence-corrected chi connectivity index (χ2v) is 9.22. The maximum atomic E-state index is 15.4. The van der Waals surface area contributed by atoms with Gasteiger partial charge in [-0.2, -0.15) is 17.6 Å². The molecule has 1 saturated carbocycles. The first-order valence-corrected chi connectivity index (χ1v) is 11.6. The second kappa shape index (κ2) is 10.5. The Morgan fingerprint density at radius 2 is 1.97 bits per heavy atom. The highest BCUT2D eigenvalue weighted by molar-refractivity contribution is 5.75. The maximum absolute atomic E-state index is 15.4. The van der Waals surface area contributed by atoms with Gasteiger partial charge in [-0.25, -0.2) is 14.4 Å². The summed E-state index contributed by atoms with van der Waals surface area (Å²) in [7, 11) is 0. The average molecular weight is 514 g/mol. The number of hydrogen-bond acceptors (Lipinski definition) is 7. The number of benzene rings is 1. The number of β-amino-alcohol motifs (C(OH)–C–C–N with tert-alkyl or cyclic N) is 1. The molecule has 1 aliphatic heterocycles. The predicted molar refractivity (Wildman–Crippen MR) is 121 cm³/mol. The minimum Gasteiger partial charge on any atom is -0.391 e. The number of amides is 1. The molecule has 2 fully saturated rings. The molecule has 0 radical (unpaired) electrons. The van der Waals surface area contributed by atoms with Crippen LogP contribution in [-0.4, -0.2) is 64.2 Å². The monoisotopic (exact) mass is 514 g/mol. The summed E-state index contributed by atoms with van der Waals surface area (Å²) in [4.78, 5) is 22.4. The largest absolute Gasteiger partial charge is 0.416 e. The average Bonchev–Trinajstić information content (AvgIpc) is 3.63. The molecule has 196 valence electrons. The van der Waals surface area contributed by atoms with E-state index in [4.69, 9.17) is 5.73 Å². The molecular weight excluding hydrogens is 487 g/mol. The lowest BCUT2D eigenvalue weighted by Crippen LogP contribution is -2.48. The van der Waals surface area contributed by atoms with E-state index in [1.54, 1.807) is 4.90 Å². The summed E-state index contributed by atoms with van der Waals surface area (Å²) >= 11 is 0. The molecule has 0 bridgehead atoms. The summed E-state index contributed by atoms with van der Waals surface area (Å²) in [6, 6.07) is 2.16. The van der Waals surface area contributed by atoms with Crippen molar-refractivity contribution in [1.82, 2.24) is 14.9 Å². The van der Waals surface area contributed by atoms with Gasteiger partial charge in [0.05, 0.1) is 18.2 Å². The Labute approximate surface area is 204 Å². The van der Waals surface area contributed by atoms with Crippen molar-refractivity contribution < 1.29 is 31.9 Å². The number of hydrogen-bond donors (Lipinski definition) is 3. The minimum absolute atomic E-state index is 0.00624. The zero-order chi connectivity index (χ0) is 26.0. The minimum atomic E-state index is -4.67. The molecule has 36 heavy (non-hydrogen) atoms. The van der Waals surface area contributed by atoms with Gasteiger partial charge in [0.15, 0.2) is 11.6 Å². The van der Waals surface area contributed by atoms with Crippen LogP contribution >= 0.6 is 0 Å². The van der Waals surface area contributed by atoms with Crippen LogP contribution in [0.15, 0.2) is 24.5 Å². The third-order valence-corrected chi connectivity index (χ3v) is 6.47. The Balaban J connectivity index is 1.45. The molecule has 4 N–H and O–H groups in total. The van der Waals surface area contributed by atoms with Crippen LogP contribution < -0.4 is 16.0 Å². The van der Waals surface area contributed by atoms with Gasteiger partial charge in [-0.3, -0.25) is 9.69 Å². The van der Waals surface area contributed by atoms with Crippen LogP contribution in [0.25, 0.3) is 0 Å². The molecule has 4 rings (SSSR count). The summed E-state index contributed by atoms with van der Waals surface area (Å²) in [5.41, 5.74) is 4.10. The van der Waals surface area contributed by atoms with E-state index >= 15 is 4.39 Å². The first-order valence-electron chi connectivity index (χ1n) is 11.6. The summed E-state index contributed by atoms with van der Waals surface area (Å²) in [5.74, 6) is -2.66. The van der Waals surface area contributed by atoms with Gasteiger partial charge in [-0.15, -0.1) is 0 Å². The van der Waals surface area contributed by atoms with Crippen molar-refractivity contribution in [3.63, 3.8) is 0 Å². The zero-order valence-electron chi connectivity index (χ0n) is 19.3. The number of rotatable bonds is 9. The molecule has 2 aliphatic rings. The Kier molecular flexibility index (Phi) is 7.59. The van der Waals surface area contributed by atoms with E-state index in [1.165, 1.54) is 4.90 Å². The van der Waals surface area contributed by atoms with Crippen LogP contribution in [0.2, 0.25) is 0 Å². The van der Waals surface area contributed by atoms with E-state index in [0.717, 1.165) is 18.5 Å². The van der Waals surface area contributed by atoms with Crippen LogP contribution in [0.1, 0.15) is 30.4 Å². The van der Waals surface area contributed by atoms with Crippen molar-refractivity contribution in [3.05, 3.63) is 47.3 Å². The SMILES string of the molecule is NC(=O)CN1CC[C@H](CNc2ncnc(N(Cc3ccc(C(F)(F)F)cc3F)C3CC3)c2F)[C@H](O)C1. The van der Waals surface area contributed by atoms with Crippen LogP contribution in [0, 0.1) is 17.6 Å². The van der Waals surface area contributed by atoms with E-state index in [0.29, 0.717) is 31.9 Å². The highest BCUT2D eigenvalue weighted by atomic mass is 19.4. The van der Waals surface area contributed by atoms with Gasteiger partial charge in [0.1, 0.15) is 12.1 Å². The first kappa shape index (κ1) is 26.0. The molecule has 13 heteroatoms. The Bertz CT molecular complexity index is 1100. The van der Waals surface area contributed by atoms with Gasteiger partial charge >= 0.3 is 6.18 Å². The number of alkyl halides is 3. The third kappa shape index (κ3) is 6.19. The van der Waals surface area contributed by atoms with Crippen molar-refractivity contribution in [1.29, 1.82) is 0 Å². The third-order valence-electron chi connectivity index (χ3n) is 6.47. The van der Waals surface area contributed by atoms with Gasteiger partial charge in [-0.1, -0.05) is 6.07 Å². The van der Waals surface area contributed by atoms with Crippen LogP contribution in [0.5, 0.6) is 0 Å². The smallest absolute Gasteiger partial charge is 0.391 e. The van der Waals surface area contributed by atoms with Crippen LogP contribution in [0.3, 0.4) is 0 Å². The number of piperidine rings is 1. The lowest BCUT2D eigenvalue weighted by Gasteiger charge is -2.35. The van der Waals surface area contributed by atoms with E-state index in [9.17, 15) is 27.5 Å². The number of aliphatic hydroxyl groups is 1. The first-order chi connectivity index (χ1) is 17.0. The van der Waals surface area contributed by atoms with E-state index in [2.05, 4.69) is 15.3 Å². The number of aromatic nitrogens is 2. The fraction of sp³-hybridized carbons (Fsp3) is 0.522. The maximum Gasteiger partial charge on any atom is 0.416 e. The molecule has 0 unspecified atom stereocenters. The van der Waals surface area contributed by atoms with Crippen LogP contribution in [0.4, 0.5) is 33.6 Å². The van der Waals surface area contributed by atoms with E-state index in [-0.39, 0.29) is 55.3 Å². The van der Waals surface area contributed by atoms with E-state index in [1.807, 2.05) is 0 Å². The number of aliphatic hydroxyl groups excluding tert-OH is 1. The fourth-order valence-corrected chi connectivity index (χ4v) is 4.36. The summed E-state index contributed by atoms with van der Waals surface area (Å²) in [5, 5.41) is 13.3. The van der Waals surface area contributed by atoms with Gasteiger partial charge in [-0.05, 0) is 37.9 Å². The number of primary amides is 1. The molecule has 1 aromatic carbocycles. The van der Waals surface area contributed by atoms with Gasteiger partial charge in [0.2, 0.25) is 11.7 Å². The Morgan fingerprint density at radius 3 is 2.58 bits per heavy atom.